The van der Waals surface area contributed by atoms with Gasteiger partial charge >= 0.3 is 0 Å². The summed E-state index contributed by atoms with van der Waals surface area (Å²) >= 11 is 5.91. The topological polar surface area (TPSA) is 53.1 Å². The molecule has 2 heterocycles. The van der Waals surface area contributed by atoms with Gasteiger partial charge in [0, 0.05) is 36.9 Å². The number of ether oxygens (including phenoxy) is 1. The van der Waals surface area contributed by atoms with Crippen LogP contribution in [-0.4, -0.2) is 56.0 Å². The van der Waals surface area contributed by atoms with Gasteiger partial charge in [-0.05, 0) is 48.5 Å². The molecule has 7 heteroatoms. The van der Waals surface area contributed by atoms with Crippen LogP contribution in [0.15, 0.2) is 48.5 Å². The summed E-state index contributed by atoms with van der Waals surface area (Å²) in [6, 6.07) is 14.4. The zero-order valence-corrected chi connectivity index (χ0v) is 16.4. The lowest BCUT2D eigenvalue weighted by atomic mass is 10.1. The molecule has 2 aliphatic rings. The van der Waals surface area contributed by atoms with Gasteiger partial charge in [0.15, 0.2) is 0 Å². The van der Waals surface area contributed by atoms with E-state index in [4.69, 9.17) is 16.3 Å². The predicted molar refractivity (Wildman–Crippen MR) is 109 cm³/mol. The molecule has 1 atom stereocenters. The summed E-state index contributed by atoms with van der Waals surface area (Å²) < 4.78 is 5.21. The Morgan fingerprint density at radius 3 is 2.11 bits per heavy atom. The van der Waals surface area contributed by atoms with Gasteiger partial charge in [-0.3, -0.25) is 14.5 Å². The molecule has 0 aliphatic carbocycles. The van der Waals surface area contributed by atoms with E-state index in [0.717, 1.165) is 37.6 Å². The predicted octanol–water partition coefficient (Wildman–Crippen LogP) is 2.80. The van der Waals surface area contributed by atoms with E-state index in [0.29, 0.717) is 10.7 Å². The first-order chi connectivity index (χ1) is 13.6. The van der Waals surface area contributed by atoms with Crippen molar-refractivity contribution in [1.29, 1.82) is 0 Å². The van der Waals surface area contributed by atoms with Crippen molar-refractivity contribution in [3.05, 3.63) is 53.6 Å². The summed E-state index contributed by atoms with van der Waals surface area (Å²) in [5.41, 5.74) is 1.72. The normalized spacial score (nSPS) is 20.7. The zero-order valence-electron chi connectivity index (χ0n) is 15.7. The number of methoxy groups -OCH3 is 1. The van der Waals surface area contributed by atoms with Crippen molar-refractivity contribution in [2.45, 2.75) is 12.5 Å². The van der Waals surface area contributed by atoms with Gasteiger partial charge in [-0.15, -0.1) is 0 Å². The largest absolute Gasteiger partial charge is 0.497 e. The number of rotatable bonds is 4. The fourth-order valence-corrected chi connectivity index (χ4v) is 3.97. The van der Waals surface area contributed by atoms with E-state index in [9.17, 15) is 9.59 Å². The molecular formula is C21H22ClN3O3. The third-order valence-corrected chi connectivity index (χ3v) is 5.65. The van der Waals surface area contributed by atoms with Crippen LogP contribution in [0.5, 0.6) is 5.75 Å². The first-order valence-electron chi connectivity index (χ1n) is 9.32. The Morgan fingerprint density at radius 2 is 1.50 bits per heavy atom. The molecule has 2 aliphatic heterocycles. The van der Waals surface area contributed by atoms with Gasteiger partial charge < -0.3 is 9.64 Å². The first kappa shape index (κ1) is 18.8. The Bertz CT molecular complexity index is 861. The van der Waals surface area contributed by atoms with Gasteiger partial charge in [-0.2, -0.15) is 0 Å². The molecular weight excluding hydrogens is 378 g/mol. The summed E-state index contributed by atoms with van der Waals surface area (Å²) in [6.07, 6.45) is 0.226. The van der Waals surface area contributed by atoms with Crippen molar-refractivity contribution in [3.8, 4) is 5.75 Å². The van der Waals surface area contributed by atoms with E-state index < -0.39 is 0 Å². The number of anilines is 2. The highest BCUT2D eigenvalue weighted by Gasteiger charge is 2.43. The lowest BCUT2D eigenvalue weighted by Crippen LogP contribution is -2.52. The molecule has 0 bridgehead atoms. The molecule has 2 saturated heterocycles. The number of carbonyl (C=O) groups is 2. The number of halogens is 1. The number of nitrogens with zero attached hydrogens (tertiary/aromatic N) is 3. The van der Waals surface area contributed by atoms with Gasteiger partial charge in [0.1, 0.15) is 5.75 Å². The molecule has 4 rings (SSSR count). The maximum Gasteiger partial charge on any atom is 0.251 e. The number of amides is 2. The summed E-state index contributed by atoms with van der Waals surface area (Å²) in [5.74, 6) is 0.528. The molecule has 28 heavy (non-hydrogen) atoms. The fraction of sp³-hybridized carbons (Fsp3) is 0.333. The molecule has 0 saturated carbocycles. The second-order valence-electron chi connectivity index (χ2n) is 6.98. The smallest absolute Gasteiger partial charge is 0.251 e. The van der Waals surface area contributed by atoms with Crippen molar-refractivity contribution in [1.82, 2.24) is 4.90 Å². The van der Waals surface area contributed by atoms with Crippen molar-refractivity contribution in [2.75, 3.05) is 43.1 Å². The number of carbonyl (C=O) groups excluding carboxylic acids is 2. The van der Waals surface area contributed by atoms with E-state index in [-0.39, 0.29) is 24.3 Å². The second-order valence-corrected chi connectivity index (χ2v) is 7.42. The van der Waals surface area contributed by atoms with Crippen LogP contribution in [0, 0.1) is 0 Å². The average Bonchev–Trinajstić information content (AvgIpc) is 3.03. The summed E-state index contributed by atoms with van der Waals surface area (Å²) in [5, 5.41) is 0.578. The summed E-state index contributed by atoms with van der Waals surface area (Å²) in [4.78, 5) is 31.1. The van der Waals surface area contributed by atoms with Crippen molar-refractivity contribution < 1.29 is 14.3 Å². The van der Waals surface area contributed by atoms with Crippen molar-refractivity contribution in [2.24, 2.45) is 0 Å². The van der Waals surface area contributed by atoms with E-state index >= 15 is 0 Å². The Morgan fingerprint density at radius 1 is 0.893 bits per heavy atom. The molecule has 146 valence electrons. The van der Waals surface area contributed by atoms with E-state index in [1.165, 1.54) is 4.90 Å². The molecule has 2 amide bonds. The third-order valence-electron chi connectivity index (χ3n) is 5.40. The number of benzene rings is 2. The number of piperazine rings is 1. The van der Waals surface area contributed by atoms with Gasteiger partial charge in [-0.25, -0.2) is 4.90 Å². The van der Waals surface area contributed by atoms with Crippen LogP contribution >= 0.6 is 11.6 Å². The van der Waals surface area contributed by atoms with Crippen LogP contribution in [0.1, 0.15) is 6.42 Å². The monoisotopic (exact) mass is 399 g/mol. The Balaban J connectivity index is 1.41. The lowest BCUT2D eigenvalue weighted by Gasteiger charge is -2.38. The van der Waals surface area contributed by atoms with Crippen molar-refractivity contribution >= 4 is 34.8 Å². The molecule has 0 N–H and O–H groups in total. The summed E-state index contributed by atoms with van der Waals surface area (Å²) in [6.45, 7) is 3.10. The molecule has 0 spiro atoms. The van der Waals surface area contributed by atoms with Crippen molar-refractivity contribution in [3.63, 3.8) is 0 Å². The van der Waals surface area contributed by atoms with E-state index in [1.807, 2.05) is 24.3 Å². The average molecular weight is 400 g/mol. The van der Waals surface area contributed by atoms with Crippen LogP contribution in [-0.2, 0) is 9.59 Å². The maximum absolute atomic E-state index is 12.9. The van der Waals surface area contributed by atoms with Crippen LogP contribution < -0.4 is 14.5 Å². The van der Waals surface area contributed by atoms with Crippen LogP contribution in [0.25, 0.3) is 0 Å². The minimum atomic E-state index is -0.388. The van der Waals surface area contributed by atoms with Crippen LogP contribution in [0.3, 0.4) is 0 Å². The van der Waals surface area contributed by atoms with Crippen LogP contribution in [0.2, 0.25) is 5.02 Å². The van der Waals surface area contributed by atoms with Gasteiger partial charge in [0.25, 0.3) is 5.91 Å². The van der Waals surface area contributed by atoms with Gasteiger partial charge in [-0.1, -0.05) is 11.6 Å². The minimum absolute atomic E-state index is 0.148. The highest BCUT2D eigenvalue weighted by atomic mass is 35.5. The Labute approximate surface area is 169 Å². The van der Waals surface area contributed by atoms with Gasteiger partial charge in [0.05, 0.1) is 25.3 Å². The molecule has 0 unspecified atom stereocenters. The highest BCUT2D eigenvalue weighted by molar-refractivity contribution is 6.30. The van der Waals surface area contributed by atoms with E-state index in [2.05, 4.69) is 9.80 Å². The quantitative estimate of drug-likeness (QED) is 0.740. The molecule has 2 fully saturated rings. The maximum atomic E-state index is 12.9. The fourth-order valence-electron chi connectivity index (χ4n) is 3.85. The molecule has 0 aromatic heterocycles. The SMILES string of the molecule is COc1ccc(N2CCN([C@H]3CC(=O)N(c4ccc(Cl)cc4)C3=O)CC2)cc1. The minimum Gasteiger partial charge on any atom is -0.497 e. The molecule has 0 radical (unpaired) electrons. The number of hydrogen-bond donors (Lipinski definition) is 0. The third kappa shape index (κ3) is 3.57. The number of imide groups is 1. The Kier molecular flexibility index (Phi) is 5.24. The second kappa shape index (κ2) is 7.81. The Hall–Kier alpha value is -2.57. The molecule has 6 nitrogen and oxygen atoms in total. The molecule has 2 aromatic carbocycles. The highest BCUT2D eigenvalue weighted by Crippen LogP contribution is 2.28. The lowest BCUT2D eigenvalue weighted by molar-refractivity contribution is -0.123. The first-order valence-corrected chi connectivity index (χ1v) is 9.70. The summed E-state index contributed by atoms with van der Waals surface area (Å²) in [7, 11) is 1.65. The van der Waals surface area contributed by atoms with E-state index in [1.54, 1.807) is 31.4 Å². The standard InChI is InChI=1S/C21H22ClN3O3/c1-28-18-8-6-16(7-9-18)23-10-12-24(13-11-23)19-14-20(26)25(21(19)27)17-4-2-15(22)3-5-17/h2-9,19H,10-14H2,1H3/t19-/m0/s1. The number of hydrogen-bond acceptors (Lipinski definition) is 5. The van der Waals surface area contributed by atoms with Crippen LogP contribution in [0.4, 0.5) is 11.4 Å². The zero-order chi connectivity index (χ0) is 19.7. The molecule has 2 aromatic rings. The van der Waals surface area contributed by atoms with Gasteiger partial charge in [0.2, 0.25) is 5.91 Å².